The molecule has 0 unspecified atom stereocenters. The van der Waals surface area contributed by atoms with Crippen LogP contribution in [0.5, 0.6) is 0 Å². The first-order chi connectivity index (χ1) is 16.1. The summed E-state index contributed by atoms with van der Waals surface area (Å²) in [6.07, 6.45) is 0. The number of aromatic amines is 1. The Kier molecular flexibility index (Phi) is 5.92. The monoisotopic (exact) mass is 479 g/mol. The summed E-state index contributed by atoms with van der Waals surface area (Å²) < 4.78 is 32.8. The second-order valence-corrected chi connectivity index (χ2v) is 8.71. The number of hydrogen-bond acceptors (Lipinski definition) is 7. The maximum Gasteiger partial charge on any atom is 0.299 e. The first kappa shape index (κ1) is 22.8. The van der Waals surface area contributed by atoms with Gasteiger partial charge in [0.15, 0.2) is 5.69 Å². The summed E-state index contributed by atoms with van der Waals surface area (Å²) in [5.41, 5.74) is 1.91. The molecule has 0 bridgehead atoms. The Morgan fingerprint density at radius 3 is 2.12 bits per heavy atom. The number of H-pyrrole nitrogens is 1. The number of nitro groups is 1. The molecule has 11 nitrogen and oxygen atoms in total. The fraction of sp³-hybridized carbons (Fsp3) is 0.0455. The van der Waals surface area contributed by atoms with Crippen molar-refractivity contribution >= 4 is 27.2 Å². The van der Waals surface area contributed by atoms with Crippen molar-refractivity contribution in [3.05, 3.63) is 98.8 Å². The molecule has 2 N–H and O–H groups in total. The zero-order valence-electron chi connectivity index (χ0n) is 17.6. The number of hydrogen-bond donors (Lipinski definition) is 2. The molecule has 0 amide bonds. The van der Waals surface area contributed by atoms with Crippen LogP contribution in [0.25, 0.3) is 16.9 Å². The van der Waals surface area contributed by atoms with Crippen LogP contribution in [0.1, 0.15) is 5.56 Å². The van der Waals surface area contributed by atoms with Gasteiger partial charge in [-0.25, -0.2) is 4.68 Å². The number of rotatable bonds is 6. The van der Waals surface area contributed by atoms with Crippen molar-refractivity contribution < 1.29 is 17.9 Å². The third-order valence-corrected chi connectivity index (χ3v) is 5.79. The second-order valence-electron chi connectivity index (χ2n) is 7.28. The summed E-state index contributed by atoms with van der Waals surface area (Å²) in [6.45, 7) is 1.91. The average molecular weight is 479 g/mol. The van der Waals surface area contributed by atoms with Crippen LogP contribution in [0, 0.1) is 17.0 Å². The van der Waals surface area contributed by atoms with Gasteiger partial charge in [0.1, 0.15) is 0 Å². The Labute approximate surface area is 192 Å². The number of nitrogens with one attached hydrogen (secondary N) is 1. The van der Waals surface area contributed by atoms with Gasteiger partial charge in [-0.3, -0.25) is 24.6 Å². The number of aryl methyl sites for hydroxylation is 1. The highest BCUT2D eigenvalue weighted by atomic mass is 32.2. The minimum atomic E-state index is -4.35. The van der Waals surface area contributed by atoms with Gasteiger partial charge in [0.2, 0.25) is 0 Å². The van der Waals surface area contributed by atoms with Gasteiger partial charge >= 0.3 is 0 Å². The van der Waals surface area contributed by atoms with E-state index in [-0.39, 0.29) is 22.0 Å². The average Bonchev–Trinajstić information content (AvgIpc) is 3.14. The molecule has 4 rings (SSSR count). The van der Waals surface area contributed by atoms with Crippen LogP contribution >= 0.6 is 0 Å². The summed E-state index contributed by atoms with van der Waals surface area (Å²) in [7, 11) is -4.35. The van der Waals surface area contributed by atoms with Gasteiger partial charge in [0.05, 0.1) is 26.9 Å². The quantitative estimate of drug-likeness (QED) is 0.176. The van der Waals surface area contributed by atoms with Crippen molar-refractivity contribution in [3.8, 4) is 16.9 Å². The molecule has 0 saturated carbocycles. The van der Waals surface area contributed by atoms with E-state index in [2.05, 4.69) is 15.3 Å². The zero-order valence-corrected chi connectivity index (χ0v) is 18.4. The Balaban J connectivity index is 1.81. The van der Waals surface area contributed by atoms with E-state index >= 15 is 0 Å². The molecule has 1 aromatic heterocycles. The van der Waals surface area contributed by atoms with Gasteiger partial charge in [-0.05, 0) is 55.5 Å². The number of nitrogens with zero attached hydrogens (tertiary/aromatic N) is 4. The SMILES string of the molecule is Cc1ccc(-n2[nH]c(-c3ccc([N+](=O)[O-])cc3)c(N=Nc3ccc(S(=O)(=O)O)cc3)c2=O)cc1. The highest BCUT2D eigenvalue weighted by Crippen LogP contribution is 2.30. The molecule has 3 aromatic carbocycles. The van der Waals surface area contributed by atoms with Crippen molar-refractivity contribution in [1.82, 2.24) is 9.78 Å². The minimum absolute atomic E-state index is 0.0479. The van der Waals surface area contributed by atoms with E-state index in [1.54, 1.807) is 12.1 Å². The molecule has 0 saturated heterocycles. The second kappa shape index (κ2) is 8.84. The molecule has 12 heteroatoms. The maximum absolute atomic E-state index is 13.2. The molecule has 0 radical (unpaired) electrons. The number of azo groups is 1. The number of nitro benzene ring substituents is 1. The molecule has 0 fully saturated rings. The van der Waals surface area contributed by atoms with Crippen LogP contribution in [-0.4, -0.2) is 27.7 Å². The fourth-order valence-corrected chi connectivity index (χ4v) is 3.62. The first-order valence-corrected chi connectivity index (χ1v) is 11.2. The van der Waals surface area contributed by atoms with Gasteiger partial charge < -0.3 is 0 Å². The largest absolute Gasteiger partial charge is 0.299 e. The van der Waals surface area contributed by atoms with Crippen molar-refractivity contribution in [1.29, 1.82) is 0 Å². The highest BCUT2D eigenvalue weighted by Gasteiger charge is 2.18. The van der Waals surface area contributed by atoms with E-state index in [4.69, 9.17) is 4.55 Å². The Morgan fingerprint density at radius 1 is 0.941 bits per heavy atom. The van der Waals surface area contributed by atoms with Crippen LogP contribution in [0.2, 0.25) is 0 Å². The zero-order chi connectivity index (χ0) is 24.5. The lowest BCUT2D eigenvalue weighted by molar-refractivity contribution is -0.384. The molecular formula is C22H17N5O6S. The van der Waals surface area contributed by atoms with Crippen LogP contribution in [0.3, 0.4) is 0 Å². The van der Waals surface area contributed by atoms with Crippen molar-refractivity contribution in [2.24, 2.45) is 10.2 Å². The molecule has 0 aliphatic carbocycles. The van der Waals surface area contributed by atoms with Crippen molar-refractivity contribution in [2.45, 2.75) is 11.8 Å². The van der Waals surface area contributed by atoms with Gasteiger partial charge in [-0.2, -0.15) is 13.5 Å². The highest BCUT2D eigenvalue weighted by molar-refractivity contribution is 7.85. The van der Waals surface area contributed by atoms with E-state index in [1.807, 2.05) is 19.1 Å². The number of aromatic nitrogens is 2. The smallest absolute Gasteiger partial charge is 0.288 e. The van der Waals surface area contributed by atoms with Gasteiger partial charge in [0.25, 0.3) is 21.4 Å². The molecule has 1 heterocycles. The van der Waals surface area contributed by atoms with Crippen LogP contribution in [-0.2, 0) is 10.1 Å². The summed E-state index contributed by atoms with van der Waals surface area (Å²) >= 11 is 0. The summed E-state index contributed by atoms with van der Waals surface area (Å²) in [5.74, 6) is 0. The predicted molar refractivity (Wildman–Crippen MR) is 124 cm³/mol. The molecule has 0 spiro atoms. The normalized spacial score (nSPS) is 11.7. The van der Waals surface area contributed by atoms with E-state index in [9.17, 15) is 23.3 Å². The number of benzene rings is 3. The van der Waals surface area contributed by atoms with Crippen molar-refractivity contribution in [3.63, 3.8) is 0 Å². The van der Waals surface area contributed by atoms with Gasteiger partial charge in [0, 0.05) is 17.7 Å². The molecule has 4 aromatic rings. The van der Waals surface area contributed by atoms with Crippen molar-refractivity contribution in [2.75, 3.05) is 0 Å². The Bertz CT molecular complexity index is 1550. The van der Waals surface area contributed by atoms with E-state index < -0.39 is 20.6 Å². The molecule has 0 atom stereocenters. The summed E-state index contributed by atoms with van der Waals surface area (Å²) in [5, 5.41) is 22.1. The number of non-ortho nitro benzene ring substituents is 1. The first-order valence-electron chi connectivity index (χ1n) is 9.80. The third kappa shape index (κ3) is 4.67. The molecule has 172 valence electrons. The molecule has 0 aliphatic rings. The fourth-order valence-electron chi connectivity index (χ4n) is 3.14. The molecular weight excluding hydrogens is 462 g/mol. The van der Waals surface area contributed by atoms with E-state index in [0.717, 1.165) is 17.7 Å². The lowest BCUT2D eigenvalue weighted by Crippen LogP contribution is -2.13. The van der Waals surface area contributed by atoms with E-state index in [1.165, 1.54) is 41.1 Å². The predicted octanol–water partition coefficient (Wildman–Crippen LogP) is 4.71. The lowest BCUT2D eigenvalue weighted by atomic mass is 10.1. The van der Waals surface area contributed by atoms with Crippen LogP contribution in [0.15, 0.2) is 92.7 Å². The maximum atomic E-state index is 13.2. The molecule has 34 heavy (non-hydrogen) atoms. The topological polar surface area (TPSA) is 160 Å². The molecule has 0 aliphatic heterocycles. The van der Waals surface area contributed by atoms with Crippen LogP contribution in [0.4, 0.5) is 17.1 Å². The third-order valence-electron chi connectivity index (χ3n) is 4.93. The van der Waals surface area contributed by atoms with Gasteiger partial charge in [-0.15, -0.1) is 5.11 Å². The summed E-state index contributed by atoms with van der Waals surface area (Å²) in [4.78, 5) is 23.3. The lowest BCUT2D eigenvalue weighted by Gasteiger charge is -2.02. The van der Waals surface area contributed by atoms with E-state index in [0.29, 0.717) is 16.9 Å². The van der Waals surface area contributed by atoms with Crippen LogP contribution < -0.4 is 5.56 Å². The standard InChI is InChI=1S/C22H17N5O6S/c1-14-2-8-17(9-3-14)26-22(28)21(20(25-26)15-4-10-18(11-5-15)27(29)30)24-23-16-6-12-19(13-7-16)34(31,32)33/h2-13,25H,1H3,(H,31,32,33). The van der Waals surface area contributed by atoms with Gasteiger partial charge in [-0.1, -0.05) is 17.7 Å². The Hall–Kier alpha value is -4.42. The summed E-state index contributed by atoms with van der Waals surface area (Å²) in [6, 6.07) is 17.7. The minimum Gasteiger partial charge on any atom is -0.288 e. The Morgan fingerprint density at radius 2 is 1.56 bits per heavy atom.